The Balaban J connectivity index is 1.49. The minimum Gasteiger partial charge on any atom is -0.486 e. The quantitative estimate of drug-likeness (QED) is 0.295. The van der Waals surface area contributed by atoms with Crippen LogP contribution in [0.2, 0.25) is 0 Å². The smallest absolute Gasteiger partial charge is 0.325 e. The predicted octanol–water partition coefficient (Wildman–Crippen LogP) is 2.09. The number of benzene rings is 2. The molecule has 4 rings (SSSR count). The molecular formula is C23H23N3O6S. The largest absolute Gasteiger partial charge is 0.486 e. The third-order valence-electron chi connectivity index (χ3n) is 5.12. The van der Waals surface area contributed by atoms with Crippen LogP contribution in [0.5, 0.6) is 11.5 Å². The van der Waals surface area contributed by atoms with Gasteiger partial charge >= 0.3 is 5.97 Å². The Morgan fingerprint density at radius 3 is 2.70 bits per heavy atom. The van der Waals surface area contributed by atoms with Gasteiger partial charge in [-0.3, -0.25) is 19.0 Å². The van der Waals surface area contributed by atoms with Crippen LogP contribution < -0.4 is 15.0 Å². The molecule has 172 valence electrons. The first-order valence-corrected chi connectivity index (χ1v) is 11.3. The molecule has 10 heteroatoms. The maximum absolute atomic E-state index is 12.9. The van der Waals surface area contributed by atoms with Gasteiger partial charge in [0.05, 0.1) is 23.8 Å². The Kier molecular flexibility index (Phi) is 6.83. The van der Waals surface area contributed by atoms with E-state index in [2.05, 4.69) is 4.98 Å². The number of thioether (sulfide) groups is 1. The van der Waals surface area contributed by atoms with Crippen molar-refractivity contribution in [2.75, 3.05) is 33.1 Å². The third-order valence-corrected chi connectivity index (χ3v) is 6.08. The molecule has 1 amide bonds. The predicted molar refractivity (Wildman–Crippen MR) is 123 cm³/mol. The van der Waals surface area contributed by atoms with E-state index in [1.165, 1.54) is 11.7 Å². The van der Waals surface area contributed by atoms with Gasteiger partial charge in [0.2, 0.25) is 5.91 Å². The van der Waals surface area contributed by atoms with Crippen LogP contribution in [0.3, 0.4) is 0 Å². The molecule has 0 saturated carbocycles. The van der Waals surface area contributed by atoms with Gasteiger partial charge in [0.25, 0.3) is 5.56 Å². The lowest BCUT2D eigenvalue weighted by Crippen LogP contribution is -2.30. The summed E-state index contributed by atoms with van der Waals surface area (Å²) in [5, 5.41) is 0.679. The molecule has 0 spiro atoms. The number of para-hydroxylation sites is 1. The van der Waals surface area contributed by atoms with Crippen LogP contribution in [-0.4, -0.2) is 59.5 Å². The zero-order valence-corrected chi connectivity index (χ0v) is 19.1. The van der Waals surface area contributed by atoms with Crippen molar-refractivity contribution in [3.05, 3.63) is 58.4 Å². The van der Waals surface area contributed by atoms with Crippen LogP contribution in [0.25, 0.3) is 10.9 Å². The molecule has 2 heterocycles. The van der Waals surface area contributed by atoms with E-state index < -0.39 is 5.97 Å². The van der Waals surface area contributed by atoms with E-state index in [1.807, 2.05) is 18.2 Å². The van der Waals surface area contributed by atoms with E-state index in [0.717, 1.165) is 17.3 Å². The summed E-state index contributed by atoms with van der Waals surface area (Å²) in [6.07, 6.45) is 0. The van der Waals surface area contributed by atoms with E-state index in [4.69, 9.17) is 14.2 Å². The highest BCUT2D eigenvalue weighted by atomic mass is 32.2. The van der Waals surface area contributed by atoms with Crippen molar-refractivity contribution >= 4 is 34.5 Å². The molecule has 1 aromatic heterocycles. The molecule has 0 saturated heterocycles. The Hall–Kier alpha value is -3.53. The maximum atomic E-state index is 12.9. The van der Waals surface area contributed by atoms with E-state index in [1.54, 1.807) is 36.2 Å². The van der Waals surface area contributed by atoms with E-state index in [0.29, 0.717) is 42.2 Å². The second-order valence-corrected chi connectivity index (χ2v) is 8.34. The number of carbonyl (C=O) groups is 2. The van der Waals surface area contributed by atoms with Gasteiger partial charge in [0.15, 0.2) is 16.7 Å². The average molecular weight is 470 g/mol. The standard InChI is InChI=1S/C23H23N3O6S/c1-25(12-15-7-8-18-19(11-15)32-10-9-31-18)20(27)14-33-23-24-17-6-4-3-5-16(17)22(29)26(23)13-21(28)30-2/h3-8,11H,9-10,12-14H2,1-2H3. The van der Waals surface area contributed by atoms with Gasteiger partial charge in [-0.25, -0.2) is 4.98 Å². The topological polar surface area (TPSA) is 100.0 Å². The first-order valence-electron chi connectivity index (χ1n) is 10.3. The number of hydrogen-bond acceptors (Lipinski definition) is 8. The first kappa shape index (κ1) is 22.7. The Bertz CT molecular complexity index is 1260. The van der Waals surface area contributed by atoms with Crippen LogP contribution in [-0.2, 0) is 27.4 Å². The van der Waals surface area contributed by atoms with E-state index in [9.17, 15) is 14.4 Å². The molecule has 0 bridgehead atoms. The average Bonchev–Trinajstić information content (AvgIpc) is 2.84. The van der Waals surface area contributed by atoms with E-state index in [-0.39, 0.29) is 28.9 Å². The molecule has 9 nitrogen and oxygen atoms in total. The summed E-state index contributed by atoms with van der Waals surface area (Å²) in [7, 11) is 2.96. The molecule has 0 aliphatic carbocycles. The number of fused-ring (bicyclic) bond motifs is 2. The number of ether oxygens (including phenoxy) is 3. The van der Waals surface area contributed by atoms with Crippen molar-refractivity contribution in [3.8, 4) is 11.5 Å². The summed E-state index contributed by atoms with van der Waals surface area (Å²) in [5.41, 5.74) is 1.06. The summed E-state index contributed by atoms with van der Waals surface area (Å²) in [5.74, 6) is 0.689. The number of methoxy groups -OCH3 is 1. The van der Waals surface area contributed by atoms with Crippen LogP contribution in [0, 0.1) is 0 Å². The van der Waals surface area contributed by atoms with Crippen molar-refractivity contribution in [3.63, 3.8) is 0 Å². The van der Waals surface area contributed by atoms with Crippen LogP contribution in [0.4, 0.5) is 0 Å². The number of amides is 1. The fourth-order valence-electron chi connectivity index (χ4n) is 3.38. The third kappa shape index (κ3) is 5.11. The number of esters is 1. The summed E-state index contributed by atoms with van der Waals surface area (Å²) in [4.78, 5) is 43.7. The molecule has 0 atom stereocenters. The minimum atomic E-state index is -0.571. The van der Waals surface area contributed by atoms with Crippen molar-refractivity contribution < 1.29 is 23.8 Å². The van der Waals surface area contributed by atoms with Gasteiger partial charge in [0, 0.05) is 13.6 Å². The Morgan fingerprint density at radius 1 is 1.15 bits per heavy atom. The lowest BCUT2D eigenvalue weighted by Gasteiger charge is -2.21. The zero-order chi connectivity index (χ0) is 23.4. The summed E-state index contributed by atoms with van der Waals surface area (Å²) >= 11 is 1.11. The van der Waals surface area contributed by atoms with Crippen LogP contribution in [0.15, 0.2) is 52.4 Å². The maximum Gasteiger partial charge on any atom is 0.325 e. The fraction of sp³-hybridized carbons (Fsp3) is 0.304. The van der Waals surface area contributed by atoms with Crippen LogP contribution >= 0.6 is 11.8 Å². The number of nitrogens with zero attached hydrogens (tertiary/aromatic N) is 3. The summed E-state index contributed by atoms with van der Waals surface area (Å²) in [6, 6.07) is 12.5. The summed E-state index contributed by atoms with van der Waals surface area (Å²) in [6.45, 7) is 1.12. The monoisotopic (exact) mass is 469 g/mol. The van der Waals surface area contributed by atoms with Crippen molar-refractivity contribution in [1.29, 1.82) is 0 Å². The van der Waals surface area contributed by atoms with Gasteiger partial charge in [0.1, 0.15) is 19.8 Å². The molecule has 1 aliphatic heterocycles. The van der Waals surface area contributed by atoms with Gasteiger partial charge < -0.3 is 19.1 Å². The molecule has 3 aromatic rings. The normalized spacial score (nSPS) is 12.4. The Morgan fingerprint density at radius 2 is 1.91 bits per heavy atom. The van der Waals surface area contributed by atoms with Gasteiger partial charge in [-0.2, -0.15) is 0 Å². The molecule has 0 fully saturated rings. The molecular weight excluding hydrogens is 446 g/mol. The fourth-order valence-corrected chi connectivity index (χ4v) is 4.31. The van der Waals surface area contributed by atoms with Gasteiger partial charge in [-0.05, 0) is 29.8 Å². The molecule has 0 unspecified atom stereocenters. The van der Waals surface area contributed by atoms with Gasteiger partial charge in [-0.15, -0.1) is 0 Å². The van der Waals surface area contributed by atoms with E-state index >= 15 is 0 Å². The Labute approximate surface area is 194 Å². The van der Waals surface area contributed by atoms with Crippen molar-refractivity contribution in [2.45, 2.75) is 18.2 Å². The highest BCUT2D eigenvalue weighted by Gasteiger charge is 2.18. The number of aromatic nitrogens is 2. The molecule has 0 N–H and O–H groups in total. The SMILES string of the molecule is COC(=O)Cn1c(SCC(=O)N(C)Cc2ccc3c(c2)OCCO3)nc2ccccc2c1=O. The highest BCUT2D eigenvalue weighted by Crippen LogP contribution is 2.31. The lowest BCUT2D eigenvalue weighted by molar-refractivity contribution is -0.141. The van der Waals surface area contributed by atoms with Crippen LogP contribution in [0.1, 0.15) is 5.56 Å². The van der Waals surface area contributed by atoms with Crippen molar-refractivity contribution in [1.82, 2.24) is 14.5 Å². The van der Waals surface area contributed by atoms with Gasteiger partial charge in [-0.1, -0.05) is 30.0 Å². The molecule has 33 heavy (non-hydrogen) atoms. The summed E-state index contributed by atoms with van der Waals surface area (Å²) < 4.78 is 17.1. The molecule has 0 radical (unpaired) electrons. The number of hydrogen-bond donors (Lipinski definition) is 0. The first-order chi connectivity index (χ1) is 16.0. The lowest BCUT2D eigenvalue weighted by atomic mass is 10.2. The highest BCUT2D eigenvalue weighted by molar-refractivity contribution is 7.99. The van der Waals surface area contributed by atoms with Crippen molar-refractivity contribution in [2.24, 2.45) is 0 Å². The molecule has 2 aromatic carbocycles. The number of carbonyl (C=O) groups excluding carboxylic acids is 2. The minimum absolute atomic E-state index is 0.0486. The second kappa shape index (κ2) is 9.95. The molecule has 1 aliphatic rings. The second-order valence-electron chi connectivity index (χ2n) is 7.40. The zero-order valence-electron chi connectivity index (χ0n) is 18.3. The number of rotatable bonds is 7.